The molecular weight excluding hydrogens is 539 g/mol. The van der Waals surface area contributed by atoms with E-state index in [9.17, 15) is 9.59 Å². The van der Waals surface area contributed by atoms with E-state index >= 15 is 0 Å². The lowest BCUT2D eigenvalue weighted by molar-refractivity contribution is -0.140. The minimum Gasteiger partial charge on any atom is -0.497 e. The molecule has 1 N–H and O–H groups in total. The van der Waals surface area contributed by atoms with Crippen LogP contribution in [0.4, 0.5) is 0 Å². The predicted octanol–water partition coefficient (Wildman–Crippen LogP) is 6.79. The number of rotatable bonds is 11. The second-order valence-electron chi connectivity index (χ2n) is 10.0. The van der Waals surface area contributed by atoms with Crippen LogP contribution in [0.5, 0.6) is 5.75 Å². The van der Waals surface area contributed by atoms with Crippen LogP contribution in [0.2, 0.25) is 10.0 Å². The van der Waals surface area contributed by atoms with Crippen molar-refractivity contribution in [3.8, 4) is 5.75 Å². The zero-order valence-corrected chi connectivity index (χ0v) is 24.5. The number of halogens is 2. The number of thioether (sulfide) groups is 1. The van der Waals surface area contributed by atoms with Crippen molar-refractivity contribution in [1.82, 2.24) is 10.2 Å². The van der Waals surface area contributed by atoms with Crippen LogP contribution in [0.1, 0.15) is 37.5 Å². The number of hydrogen-bond donors (Lipinski definition) is 1. The maximum absolute atomic E-state index is 13.8. The number of ether oxygens (including phenoxy) is 1. The van der Waals surface area contributed by atoms with Crippen molar-refractivity contribution in [3.05, 3.63) is 99.5 Å². The summed E-state index contributed by atoms with van der Waals surface area (Å²) in [7, 11) is 1.61. The van der Waals surface area contributed by atoms with Gasteiger partial charge in [0.15, 0.2) is 0 Å². The van der Waals surface area contributed by atoms with Gasteiger partial charge in [-0.1, -0.05) is 71.7 Å². The Balaban J connectivity index is 1.89. The van der Waals surface area contributed by atoms with Crippen molar-refractivity contribution in [3.63, 3.8) is 0 Å². The van der Waals surface area contributed by atoms with Crippen molar-refractivity contribution in [1.29, 1.82) is 0 Å². The van der Waals surface area contributed by atoms with Gasteiger partial charge in [0, 0.05) is 34.3 Å². The topological polar surface area (TPSA) is 58.6 Å². The standard InChI is InChI=1S/C30H34Cl2N2O3S/c1-30(2,3)33-29(36)27(16-21-9-6-5-7-10-21)34(18-22-11-8-12-25(15-22)37-4)28(35)20-38-19-23-13-14-24(31)17-26(23)32/h5-15,17,27H,16,18-20H2,1-4H3,(H,33,36). The van der Waals surface area contributed by atoms with Gasteiger partial charge in [0.05, 0.1) is 12.9 Å². The third-order valence-electron chi connectivity index (χ3n) is 5.75. The summed E-state index contributed by atoms with van der Waals surface area (Å²) in [6.07, 6.45) is 0.395. The van der Waals surface area contributed by atoms with Crippen molar-refractivity contribution in [2.75, 3.05) is 12.9 Å². The number of amides is 2. The Hall–Kier alpha value is -2.67. The molecule has 202 valence electrons. The van der Waals surface area contributed by atoms with E-state index in [0.29, 0.717) is 28.0 Å². The summed E-state index contributed by atoms with van der Waals surface area (Å²) in [4.78, 5) is 29.1. The number of methoxy groups -OCH3 is 1. The zero-order chi connectivity index (χ0) is 27.7. The minimum atomic E-state index is -0.699. The first-order valence-corrected chi connectivity index (χ1v) is 14.3. The molecule has 0 bridgehead atoms. The Morgan fingerprint density at radius 2 is 1.68 bits per heavy atom. The maximum atomic E-state index is 13.8. The third kappa shape index (κ3) is 9.26. The second-order valence-corrected chi connectivity index (χ2v) is 11.9. The molecule has 2 amide bonds. The van der Waals surface area contributed by atoms with Crippen molar-refractivity contribution < 1.29 is 14.3 Å². The SMILES string of the molecule is COc1cccc(CN(C(=O)CSCc2ccc(Cl)cc2Cl)C(Cc2ccccc2)C(=O)NC(C)(C)C)c1. The van der Waals surface area contributed by atoms with E-state index in [1.54, 1.807) is 24.1 Å². The third-order valence-corrected chi connectivity index (χ3v) is 7.31. The van der Waals surface area contributed by atoms with Gasteiger partial charge >= 0.3 is 0 Å². The largest absolute Gasteiger partial charge is 0.497 e. The average Bonchev–Trinajstić information content (AvgIpc) is 2.87. The zero-order valence-electron chi connectivity index (χ0n) is 22.2. The Bertz CT molecular complexity index is 1230. The van der Waals surface area contributed by atoms with Gasteiger partial charge in [-0.25, -0.2) is 0 Å². The van der Waals surface area contributed by atoms with Gasteiger partial charge < -0.3 is 15.0 Å². The van der Waals surface area contributed by atoms with Crippen molar-refractivity contribution in [2.45, 2.75) is 51.1 Å². The fraction of sp³-hybridized carbons (Fsp3) is 0.333. The normalized spacial score (nSPS) is 12.1. The molecule has 0 aliphatic rings. The molecule has 1 atom stereocenters. The summed E-state index contributed by atoms with van der Waals surface area (Å²) < 4.78 is 5.39. The summed E-state index contributed by atoms with van der Waals surface area (Å²) >= 11 is 13.8. The highest BCUT2D eigenvalue weighted by molar-refractivity contribution is 7.99. The monoisotopic (exact) mass is 572 g/mol. The average molecular weight is 574 g/mol. The smallest absolute Gasteiger partial charge is 0.243 e. The van der Waals surface area contributed by atoms with Gasteiger partial charge in [-0.05, 0) is 61.7 Å². The maximum Gasteiger partial charge on any atom is 0.243 e. The number of benzene rings is 3. The number of carbonyl (C=O) groups is 2. The Kier molecular flexibility index (Phi) is 11.0. The molecule has 3 aromatic carbocycles. The lowest BCUT2D eigenvalue weighted by atomic mass is 10.0. The summed E-state index contributed by atoms with van der Waals surface area (Å²) in [6.45, 7) is 6.08. The van der Waals surface area contributed by atoms with Crippen molar-refractivity contribution >= 4 is 46.8 Å². The van der Waals surface area contributed by atoms with Gasteiger partial charge in [-0.15, -0.1) is 11.8 Å². The molecule has 0 saturated carbocycles. The van der Waals surface area contributed by atoms with Crippen LogP contribution in [0.25, 0.3) is 0 Å². The first-order valence-electron chi connectivity index (χ1n) is 12.4. The molecule has 0 fully saturated rings. The van der Waals surface area contributed by atoms with E-state index in [4.69, 9.17) is 27.9 Å². The molecule has 0 aliphatic heterocycles. The summed E-state index contributed by atoms with van der Waals surface area (Å²) in [5.41, 5.74) is 2.31. The van der Waals surface area contributed by atoms with Crippen LogP contribution >= 0.6 is 35.0 Å². The van der Waals surface area contributed by atoms with Crippen LogP contribution in [-0.2, 0) is 28.3 Å². The van der Waals surface area contributed by atoms with Crippen LogP contribution < -0.4 is 10.1 Å². The summed E-state index contributed by atoms with van der Waals surface area (Å²) in [5.74, 6) is 1.11. The molecule has 1 unspecified atom stereocenters. The number of carbonyl (C=O) groups excluding carboxylic acids is 2. The molecule has 8 heteroatoms. The molecule has 5 nitrogen and oxygen atoms in total. The van der Waals surface area contributed by atoms with Crippen LogP contribution in [0, 0.1) is 0 Å². The minimum absolute atomic E-state index is 0.132. The first-order chi connectivity index (χ1) is 18.1. The van der Waals surface area contributed by atoms with E-state index < -0.39 is 11.6 Å². The lowest BCUT2D eigenvalue weighted by Crippen LogP contribution is -2.54. The summed E-state index contributed by atoms with van der Waals surface area (Å²) in [5, 5.41) is 4.22. The fourth-order valence-corrected chi connectivity index (χ4v) is 5.41. The molecule has 3 rings (SSSR count). The van der Waals surface area contributed by atoms with Crippen LogP contribution in [-0.4, -0.2) is 41.2 Å². The Labute approximate surface area is 239 Å². The first kappa shape index (κ1) is 29.9. The molecule has 0 aliphatic carbocycles. The second kappa shape index (κ2) is 13.9. The quantitative estimate of drug-likeness (QED) is 0.275. The molecule has 0 spiro atoms. The van der Waals surface area contributed by atoms with Crippen molar-refractivity contribution in [2.24, 2.45) is 0 Å². The highest BCUT2D eigenvalue weighted by Gasteiger charge is 2.32. The Morgan fingerprint density at radius 3 is 2.34 bits per heavy atom. The van der Waals surface area contributed by atoms with Crippen LogP contribution in [0.3, 0.4) is 0 Å². The highest BCUT2D eigenvalue weighted by Crippen LogP contribution is 2.26. The van der Waals surface area contributed by atoms with Gasteiger partial charge in [0.1, 0.15) is 11.8 Å². The predicted molar refractivity (Wildman–Crippen MR) is 158 cm³/mol. The Morgan fingerprint density at radius 1 is 0.974 bits per heavy atom. The molecule has 3 aromatic rings. The van der Waals surface area contributed by atoms with E-state index in [0.717, 1.165) is 16.7 Å². The summed E-state index contributed by atoms with van der Waals surface area (Å²) in [6, 6.07) is 22.0. The lowest BCUT2D eigenvalue weighted by Gasteiger charge is -2.34. The van der Waals surface area contributed by atoms with E-state index in [1.165, 1.54) is 11.8 Å². The van der Waals surface area contributed by atoms with Gasteiger partial charge in [0.2, 0.25) is 11.8 Å². The highest BCUT2D eigenvalue weighted by atomic mass is 35.5. The molecule has 38 heavy (non-hydrogen) atoms. The van der Waals surface area contributed by atoms with E-state index in [1.807, 2.05) is 81.4 Å². The molecule has 0 aromatic heterocycles. The molecule has 0 saturated heterocycles. The number of nitrogens with zero attached hydrogens (tertiary/aromatic N) is 1. The number of hydrogen-bond acceptors (Lipinski definition) is 4. The molecule has 0 heterocycles. The van der Waals surface area contributed by atoms with E-state index in [2.05, 4.69) is 5.32 Å². The molecule has 0 radical (unpaired) electrons. The van der Waals surface area contributed by atoms with Crippen LogP contribution in [0.15, 0.2) is 72.8 Å². The molecular formula is C30H34Cl2N2O3S. The number of nitrogens with one attached hydrogen (secondary N) is 1. The van der Waals surface area contributed by atoms with E-state index in [-0.39, 0.29) is 24.1 Å². The van der Waals surface area contributed by atoms with Gasteiger partial charge in [-0.2, -0.15) is 0 Å². The fourth-order valence-electron chi connectivity index (χ4n) is 3.94. The van der Waals surface area contributed by atoms with Gasteiger partial charge in [0.25, 0.3) is 0 Å². The van der Waals surface area contributed by atoms with Gasteiger partial charge in [-0.3, -0.25) is 9.59 Å².